The molecule has 1 atom stereocenters. The number of benzene rings is 2. The van der Waals surface area contributed by atoms with Crippen LogP contribution in [-0.2, 0) is 14.3 Å². The molecule has 176 valence electrons. The lowest BCUT2D eigenvalue weighted by Gasteiger charge is -2.29. The summed E-state index contributed by atoms with van der Waals surface area (Å²) >= 11 is 6.49. The number of methoxy groups -OCH3 is 1. The minimum absolute atomic E-state index is 0.0687. The van der Waals surface area contributed by atoms with Crippen molar-refractivity contribution in [2.75, 3.05) is 20.3 Å². The molecule has 0 radical (unpaired) electrons. The van der Waals surface area contributed by atoms with Crippen LogP contribution in [-0.4, -0.2) is 43.2 Å². The fraction of sp³-hybridized carbons (Fsp3) is 0.240. The van der Waals surface area contributed by atoms with Gasteiger partial charge in [0.25, 0.3) is 0 Å². The highest BCUT2D eigenvalue weighted by atomic mass is 35.5. The van der Waals surface area contributed by atoms with E-state index in [0.717, 1.165) is 5.56 Å². The highest BCUT2D eigenvalue weighted by Crippen LogP contribution is 2.49. The first-order chi connectivity index (χ1) is 16.3. The van der Waals surface area contributed by atoms with Crippen LogP contribution in [0.4, 0.5) is 0 Å². The molecule has 0 bridgehead atoms. The number of esters is 1. The lowest BCUT2D eigenvalue weighted by atomic mass is 9.79. The summed E-state index contributed by atoms with van der Waals surface area (Å²) in [7, 11) is 1.27. The maximum absolute atomic E-state index is 13.5. The molecular formula is C25H22ClNO7. The zero-order valence-corrected chi connectivity index (χ0v) is 19.5. The van der Waals surface area contributed by atoms with E-state index in [-0.39, 0.29) is 34.5 Å². The number of rotatable bonds is 7. The highest BCUT2D eigenvalue weighted by Gasteiger charge is 2.43. The van der Waals surface area contributed by atoms with Crippen LogP contribution in [0.15, 0.2) is 53.2 Å². The monoisotopic (exact) mass is 483 g/mol. The van der Waals surface area contributed by atoms with Gasteiger partial charge in [-0.3, -0.25) is 4.79 Å². The first-order valence-electron chi connectivity index (χ1n) is 10.5. The molecule has 2 aromatic carbocycles. The standard InChI is InChI=1S/C25H22ClNO7/c1-4-33-17-10-13(9-16(26)24(17)34-11-18(28)29)20-19(25(31)32-3)12(2)27-22-14-7-5-6-8-15(14)23(30)21(20)22/h5-10,20,27H,4,11H2,1-3H3,(H,28,29)/t20-/m1/s1. The van der Waals surface area contributed by atoms with E-state index in [4.69, 9.17) is 30.9 Å². The van der Waals surface area contributed by atoms with Crippen LogP contribution in [0, 0.1) is 0 Å². The molecule has 8 nitrogen and oxygen atoms in total. The number of allylic oxidation sites excluding steroid dienone is 2. The Labute approximate surface area is 200 Å². The summed E-state index contributed by atoms with van der Waals surface area (Å²) in [6.45, 7) is 3.14. The van der Waals surface area contributed by atoms with Gasteiger partial charge in [-0.1, -0.05) is 35.9 Å². The Morgan fingerprint density at radius 1 is 1.15 bits per heavy atom. The second-order valence-corrected chi connectivity index (χ2v) is 8.10. The largest absolute Gasteiger partial charge is 0.490 e. The average Bonchev–Trinajstić information content (AvgIpc) is 3.08. The molecule has 34 heavy (non-hydrogen) atoms. The molecule has 1 aliphatic carbocycles. The van der Waals surface area contributed by atoms with Crippen LogP contribution in [0.2, 0.25) is 5.02 Å². The molecule has 0 spiro atoms. The van der Waals surface area contributed by atoms with E-state index < -0.39 is 24.5 Å². The second kappa shape index (κ2) is 9.23. The summed E-state index contributed by atoms with van der Waals surface area (Å²) in [6.07, 6.45) is 0. The summed E-state index contributed by atoms with van der Waals surface area (Å²) in [4.78, 5) is 37.4. The van der Waals surface area contributed by atoms with Crippen molar-refractivity contribution in [1.29, 1.82) is 0 Å². The van der Waals surface area contributed by atoms with Crippen LogP contribution in [0.3, 0.4) is 0 Å². The van der Waals surface area contributed by atoms with E-state index in [0.29, 0.717) is 28.1 Å². The molecule has 0 saturated heterocycles. The number of Topliss-reactive ketones (excluding diaryl/α,β-unsaturated/α-hetero) is 1. The number of carbonyl (C=O) groups excluding carboxylic acids is 2. The normalized spacial score (nSPS) is 16.6. The fourth-order valence-corrected chi connectivity index (χ4v) is 4.61. The number of aliphatic carboxylic acids is 1. The number of hydrogen-bond acceptors (Lipinski definition) is 7. The molecule has 0 fully saturated rings. The topological polar surface area (TPSA) is 111 Å². The zero-order chi connectivity index (χ0) is 24.6. The van der Waals surface area contributed by atoms with Crippen LogP contribution in [0.5, 0.6) is 11.5 Å². The van der Waals surface area contributed by atoms with E-state index in [9.17, 15) is 14.4 Å². The molecule has 0 aromatic heterocycles. The summed E-state index contributed by atoms with van der Waals surface area (Å²) in [6, 6.07) is 10.4. The lowest BCUT2D eigenvalue weighted by molar-refractivity contribution is -0.139. The van der Waals surface area contributed by atoms with Crippen molar-refractivity contribution in [2.45, 2.75) is 19.8 Å². The summed E-state index contributed by atoms with van der Waals surface area (Å²) in [5, 5.41) is 12.3. The Hall–Kier alpha value is -3.78. The predicted octanol–water partition coefficient (Wildman–Crippen LogP) is 3.94. The number of dihydropyridines is 1. The molecule has 2 aromatic rings. The van der Waals surface area contributed by atoms with Crippen molar-refractivity contribution < 1.29 is 33.7 Å². The third-order valence-corrected chi connectivity index (χ3v) is 5.94. The van der Waals surface area contributed by atoms with Gasteiger partial charge in [0.2, 0.25) is 0 Å². The number of nitrogens with one attached hydrogen (secondary N) is 1. The number of carbonyl (C=O) groups is 3. The van der Waals surface area contributed by atoms with Crippen LogP contribution in [0.1, 0.15) is 41.3 Å². The van der Waals surface area contributed by atoms with E-state index in [2.05, 4.69) is 5.32 Å². The molecule has 0 unspecified atom stereocenters. The van der Waals surface area contributed by atoms with Gasteiger partial charge >= 0.3 is 11.9 Å². The van der Waals surface area contributed by atoms with Gasteiger partial charge in [0.15, 0.2) is 23.9 Å². The van der Waals surface area contributed by atoms with Crippen LogP contribution < -0.4 is 14.8 Å². The van der Waals surface area contributed by atoms with E-state index in [1.54, 1.807) is 38.1 Å². The third kappa shape index (κ3) is 3.90. The SMILES string of the molecule is CCOc1cc([C@@H]2C(C(=O)OC)=C(C)NC3=C2C(=O)c2ccccc23)cc(Cl)c1OCC(=O)O. The van der Waals surface area contributed by atoms with Gasteiger partial charge in [0, 0.05) is 28.3 Å². The van der Waals surface area contributed by atoms with Gasteiger partial charge in [-0.15, -0.1) is 0 Å². The first-order valence-corrected chi connectivity index (χ1v) is 10.9. The molecule has 9 heteroatoms. The molecule has 4 rings (SSSR count). The Morgan fingerprint density at radius 3 is 2.50 bits per heavy atom. The zero-order valence-electron chi connectivity index (χ0n) is 18.7. The third-order valence-electron chi connectivity index (χ3n) is 5.66. The molecule has 1 aliphatic heterocycles. The molecular weight excluding hydrogens is 462 g/mol. The lowest BCUT2D eigenvalue weighted by Crippen LogP contribution is -2.29. The van der Waals surface area contributed by atoms with Crippen molar-refractivity contribution in [3.63, 3.8) is 0 Å². The predicted molar refractivity (Wildman–Crippen MR) is 124 cm³/mol. The molecule has 2 aliphatic rings. The number of ketones is 1. The van der Waals surface area contributed by atoms with Gasteiger partial charge in [0.1, 0.15) is 0 Å². The van der Waals surface area contributed by atoms with Crippen molar-refractivity contribution in [3.05, 3.63) is 75.0 Å². The van der Waals surface area contributed by atoms with Crippen molar-refractivity contribution in [2.24, 2.45) is 0 Å². The Morgan fingerprint density at radius 2 is 1.85 bits per heavy atom. The summed E-state index contributed by atoms with van der Waals surface area (Å²) in [5.41, 5.74) is 3.60. The minimum Gasteiger partial charge on any atom is -0.490 e. The summed E-state index contributed by atoms with van der Waals surface area (Å²) < 4.78 is 16.1. The number of carboxylic acids is 1. The first kappa shape index (κ1) is 23.4. The fourth-order valence-electron chi connectivity index (χ4n) is 4.33. The maximum Gasteiger partial charge on any atom is 0.341 e. The number of hydrogen-bond donors (Lipinski definition) is 2. The van der Waals surface area contributed by atoms with Crippen molar-refractivity contribution in [1.82, 2.24) is 5.32 Å². The van der Waals surface area contributed by atoms with Crippen LogP contribution >= 0.6 is 11.6 Å². The quantitative estimate of drug-likeness (QED) is 0.569. The second-order valence-electron chi connectivity index (χ2n) is 7.70. The number of ether oxygens (including phenoxy) is 3. The van der Waals surface area contributed by atoms with E-state index >= 15 is 0 Å². The molecule has 2 N–H and O–H groups in total. The van der Waals surface area contributed by atoms with Crippen molar-refractivity contribution >= 4 is 35.0 Å². The molecule has 1 heterocycles. The smallest absolute Gasteiger partial charge is 0.341 e. The minimum atomic E-state index is -1.17. The summed E-state index contributed by atoms with van der Waals surface area (Å²) in [5.74, 6) is -2.50. The highest BCUT2D eigenvalue weighted by molar-refractivity contribution is 6.32. The number of carboxylic acid groups (broad SMARTS) is 1. The number of halogens is 1. The van der Waals surface area contributed by atoms with Gasteiger partial charge in [-0.2, -0.15) is 0 Å². The van der Waals surface area contributed by atoms with Gasteiger partial charge < -0.3 is 24.6 Å². The Kier molecular flexibility index (Phi) is 6.34. The molecule has 0 amide bonds. The van der Waals surface area contributed by atoms with Gasteiger partial charge in [-0.05, 0) is 31.5 Å². The average molecular weight is 484 g/mol. The molecule has 0 saturated carbocycles. The van der Waals surface area contributed by atoms with Gasteiger partial charge in [0.05, 0.1) is 30.0 Å². The van der Waals surface area contributed by atoms with Crippen LogP contribution in [0.25, 0.3) is 5.70 Å². The Balaban J connectivity index is 1.92. The van der Waals surface area contributed by atoms with Crippen molar-refractivity contribution in [3.8, 4) is 11.5 Å². The van der Waals surface area contributed by atoms with E-state index in [1.165, 1.54) is 7.11 Å². The van der Waals surface area contributed by atoms with E-state index in [1.807, 2.05) is 12.1 Å². The maximum atomic E-state index is 13.5. The number of fused-ring (bicyclic) bond motifs is 2. The van der Waals surface area contributed by atoms with Gasteiger partial charge in [-0.25, -0.2) is 9.59 Å². The Bertz CT molecular complexity index is 1280.